The Balaban J connectivity index is 0.00000225. The van der Waals surface area contributed by atoms with E-state index in [4.69, 9.17) is 5.11 Å². The molecule has 0 heterocycles. The van der Waals surface area contributed by atoms with Gasteiger partial charge in [0.15, 0.2) is 17.3 Å². The normalized spacial score (nSPS) is 19.8. The molecule has 0 amide bonds. The summed E-state index contributed by atoms with van der Waals surface area (Å²) in [4.78, 5) is 44.5. The second-order valence-electron chi connectivity index (χ2n) is 3.27. The van der Waals surface area contributed by atoms with Crippen molar-refractivity contribution in [3.63, 3.8) is 0 Å². The van der Waals surface area contributed by atoms with Crippen LogP contribution in [-0.2, 0) is 19.2 Å². The molecule has 16 heavy (non-hydrogen) atoms. The Kier molecular flexibility index (Phi) is 6.07. The summed E-state index contributed by atoms with van der Waals surface area (Å²) in [5.74, 6) is -4.36. The number of hydrogen-bond acceptors (Lipinski definition) is 4. The first-order valence-corrected chi connectivity index (χ1v) is 4.50. The van der Waals surface area contributed by atoms with E-state index in [1.165, 1.54) is 0 Å². The molecule has 5 nitrogen and oxygen atoms in total. The molecule has 0 aromatic heterocycles. The monoisotopic (exact) mass is 252 g/mol. The molecule has 0 spiro atoms. The molecule has 1 unspecified atom stereocenters. The standard InChI is InChI=1S/C10H10O5.Ca.2H/c1-2-6(11)9-7(12)3-5(10(14)15)4-8(9)13;;;/h3,9H,2,4H2,1H3,(H,14,15);;;. The van der Waals surface area contributed by atoms with E-state index in [9.17, 15) is 19.2 Å². The molecule has 1 rings (SSSR count). The molecule has 0 aromatic carbocycles. The van der Waals surface area contributed by atoms with Gasteiger partial charge in [0.25, 0.3) is 0 Å². The average Bonchev–Trinajstić information content (AvgIpc) is 2.16. The van der Waals surface area contributed by atoms with Gasteiger partial charge in [-0.05, 0) is 6.08 Å². The topological polar surface area (TPSA) is 88.5 Å². The maximum absolute atomic E-state index is 11.4. The number of carbonyl (C=O) groups excluding carboxylic acids is 3. The van der Waals surface area contributed by atoms with Crippen LogP contribution < -0.4 is 0 Å². The minimum atomic E-state index is -1.29. The number of hydrogen-bond donors (Lipinski definition) is 1. The van der Waals surface area contributed by atoms with Crippen molar-refractivity contribution in [3.05, 3.63) is 11.6 Å². The first-order chi connectivity index (χ1) is 6.97. The van der Waals surface area contributed by atoms with Crippen molar-refractivity contribution in [2.75, 3.05) is 0 Å². The molecule has 1 aliphatic rings. The van der Waals surface area contributed by atoms with Gasteiger partial charge in [0, 0.05) is 18.4 Å². The number of aliphatic carboxylic acids is 1. The van der Waals surface area contributed by atoms with Crippen LogP contribution in [-0.4, -0.2) is 66.2 Å². The minimum absolute atomic E-state index is 0. The zero-order valence-electron chi connectivity index (χ0n) is 8.15. The number of ketones is 3. The van der Waals surface area contributed by atoms with Crippen molar-refractivity contribution in [1.82, 2.24) is 0 Å². The molecule has 0 radical (unpaired) electrons. The summed E-state index contributed by atoms with van der Waals surface area (Å²) in [5, 5.41) is 8.60. The average molecular weight is 252 g/mol. The Bertz CT molecular complexity index is 383. The van der Waals surface area contributed by atoms with Crippen molar-refractivity contribution in [2.45, 2.75) is 19.8 Å². The van der Waals surface area contributed by atoms with E-state index < -0.39 is 29.2 Å². The fourth-order valence-corrected chi connectivity index (χ4v) is 1.43. The molecule has 0 saturated heterocycles. The van der Waals surface area contributed by atoms with E-state index in [0.717, 1.165) is 6.08 Å². The summed E-state index contributed by atoms with van der Waals surface area (Å²) >= 11 is 0. The van der Waals surface area contributed by atoms with Crippen LogP contribution in [0.5, 0.6) is 0 Å². The zero-order chi connectivity index (χ0) is 11.6. The Morgan fingerprint density at radius 2 is 2.00 bits per heavy atom. The van der Waals surface area contributed by atoms with Gasteiger partial charge in [0.2, 0.25) is 0 Å². The number of Topliss-reactive ketones (excluding diaryl/α,β-unsaturated/α-hetero) is 2. The van der Waals surface area contributed by atoms with Gasteiger partial charge in [-0.2, -0.15) is 0 Å². The Morgan fingerprint density at radius 3 is 2.38 bits per heavy atom. The van der Waals surface area contributed by atoms with Crippen molar-refractivity contribution in [1.29, 1.82) is 0 Å². The third kappa shape index (κ3) is 3.23. The molecule has 6 heteroatoms. The quantitative estimate of drug-likeness (QED) is 0.525. The Morgan fingerprint density at radius 1 is 1.44 bits per heavy atom. The SMILES string of the molecule is CCC(=O)C1C(=O)C=C(C(=O)O)CC1=O.[CaH2]. The van der Waals surface area contributed by atoms with E-state index in [0.29, 0.717) is 0 Å². The number of allylic oxidation sites excluding steroid dienone is 1. The molecule has 0 aromatic rings. The van der Waals surface area contributed by atoms with E-state index in [1.54, 1.807) is 6.92 Å². The maximum atomic E-state index is 11.4. The van der Waals surface area contributed by atoms with Gasteiger partial charge in [-0.1, -0.05) is 6.92 Å². The molecular weight excluding hydrogens is 240 g/mol. The van der Waals surface area contributed by atoms with Gasteiger partial charge >= 0.3 is 43.7 Å². The van der Waals surface area contributed by atoms with Crippen LogP contribution in [0.25, 0.3) is 0 Å². The van der Waals surface area contributed by atoms with Gasteiger partial charge in [0.05, 0.1) is 0 Å². The second kappa shape index (κ2) is 6.27. The molecule has 1 aliphatic carbocycles. The van der Waals surface area contributed by atoms with Crippen LogP contribution in [0, 0.1) is 5.92 Å². The van der Waals surface area contributed by atoms with Gasteiger partial charge < -0.3 is 5.11 Å². The van der Waals surface area contributed by atoms with Crippen molar-refractivity contribution in [3.8, 4) is 0 Å². The molecule has 0 bridgehead atoms. The van der Waals surface area contributed by atoms with Gasteiger partial charge in [-0.15, -0.1) is 0 Å². The molecule has 0 aliphatic heterocycles. The van der Waals surface area contributed by atoms with Crippen LogP contribution in [0.2, 0.25) is 0 Å². The van der Waals surface area contributed by atoms with Crippen molar-refractivity contribution >= 4 is 61.1 Å². The van der Waals surface area contributed by atoms with Crippen LogP contribution in [0.15, 0.2) is 11.6 Å². The first kappa shape index (κ1) is 15.5. The zero-order valence-corrected chi connectivity index (χ0v) is 8.15. The van der Waals surface area contributed by atoms with Crippen LogP contribution in [0.1, 0.15) is 19.8 Å². The van der Waals surface area contributed by atoms with Crippen LogP contribution in [0.3, 0.4) is 0 Å². The summed E-state index contributed by atoms with van der Waals surface area (Å²) in [7, 11) is 0. The fourth-order valence-electron chi connectivity index (χ4n) is 1.43. The van der Waals surface area contributed by atoms with Gasteiger partial charge in [-0.3, -0.25) is 14.4 Å². The van der Waals surface area contributed by atoms with E-state index in [2.05, 4.69) is 0 Å². The summed E-state index contributed by atoms with van der Waals surface area (Å²) in [6.45, 7) is 1.55. The predicted molar refractivity (Wildman–Crippen MR) is 57.7 cm³/mol. The Labute approximate surface area is 122 Å². The molecule has 84 valence electrons. The second-order valence-corrected chi connectivity index (χ2v) is 3.27. The number of carbonyl (C=O) groups is 4. The molecular formula is C10H12CaO5. The summed E-state index contributed by atoms with van der Waals surface area (Å²) in [5.41, 5.74) is -0.245. The fraction of sp³-hybridized carbons (Fsp3) is 0.400. The van der Waals surface area contributed by atoms with E-state index >= 15 is 0 Å². The van der Waals surface area contributed by atoms with E-state index in [1.807, 2.05) is 0 Å². The first-order valence-electron chi connectivity index (χ1n) is 4.50. The van der Waals surface area contributed by atoms with Gasteiger partial charge in [0.1, 0.15) is 5.92 Å². The molecule has 0 saturated carbocycles. The van der Waals surface area contributed by atoms with E-state index in [-0.39, 0.29) is 56.2 Å². The molecule has 1 atom stereocenters. The summed E-state index contributed by atoms with van der Waals surface area (Å²) in [6, 6.07) is 0. The van der Waals surface area contributed by atoms with Crippen molar-refractivity contribution < 1.29 is 24.3 Å². The summed E-state index contributed by atoms with van der Waals surface area (Å²) < 4.78 is 0. The van der Waals surface area contributed by atoms with Crippen LogP contribution >= 0.6 is 0 Å². The third-order valence-corrected chi connectivity index (χ3v) is 2.23. The van der Waals surface area contributed by atoms with Gasteiger partial charge in [-0.25, -0.2) is 4.79 Å². The molecule has 0 fully saturated rings. The number of carboxylic acid groups (broad SMARTS) is 1. The molecule has 1 N–H and O–H groups in total. The number of carboxylic acids is 1. The predicted octanol–water partition coefficient (Wildman–Crippen LogP) is -0.782. The summed E-state index contributed by atoms with van der Waals surface area (Å²) in [6.07, 6.45) is 0.623. The van der Waals surface area contributed by atoms with Crippen molar-refractivity contribution in [2.24, 2.45) is 5.92 Å². The number of rotatable bonds is 3. The Hall–Kier alpha value is -0.520. The third-order valence-electron chi connectivity index (χ3n) is 2.23. The van der Waals surface area contributed by atoms with Crippen LogP contribution in [0.4, 0.5) is 0 Å².